The van der Waals surface area contributed by atoms with Crippen LogP contribution in [0.1, 0.15) is 26.7 Å². The third-order valence-corrected chi connectivity index (χ3v) is 3.44. The molecule has 132 valence electrons. The van der Waals surface area contributed by atoms with E-state index in [9.17, 15) is 18.8 Å². The second kappa shape index (κ2) is 7.01. The molecule has 0 radical (unpaired) electrons. The van der Waals surface area contributed by atoms with Crippen LogP contribution in [0.3, 0.4) is 0 Å². The molecule has 9 heteroatoms. The average Bonchev–Trinajstić information content (AvgIpc) is 3.15. The summed E-state index contributed by atoms with van der Waals surface area (Å²) in [6.45, 7) is 1.56. The average molecular weight is 356 g/mol. The minimum atomic E-state index is -0.944. The van der Waals surface area contributed by atoms with Gasteiger partial charge in [-0.25, -0.2) is 9.07 Å². The van der Waals surface area contributed by atoms with Crippen LogP contribution in [0.4, 0.5) is 4.39 Å². The highest BCUT2D eigenvalue weighted by Crippen LogP contribution is 2.13. The Labute approximate surface area is 146 Å². The number of aromatic nitrogens is 2. The van der Waals surface area contributed by atoms with Crippen molar-refractivity contribution in [3.8, 4) is 5.69 Å². The number of carbonyl (C=O) groups is 2. The standard InChI is InChI=1S/C17H13FN4O4/c1-10-9-13(23)15(21-22(10)12-6-3-2-5-11(12)18)17(25)20-19-16(24)14-7-4-8-26-14/h2-9H,1H3,(H,19,24)(H,20,25). The van der Waals surface area contributed by atoms with Crippen molar-refractivity contribution in [2.75, 3.05) is 0 Å². The lowest BCUT2D eigenvalue weighted by molar-refractivity contribution is 0.0827. The predicted molar refractivity (Wildman–Crippen MR) is 88.2 cm³/mol. The first kappa shape index (κ1) is 17.1. The van der Waals surface area contributed by atoms with Gasteiger partial charge in [0.15, 0.2) is 11.5 Å². The largest absolute Gasteiger partial charge is 0.459 e. The first-order valence-electron chi connectivity index (χ1n) is 7.47. The summed E-state index contributed by atoms with van der Waals surface area (Å²) in [6, 6.07) is 9.86. The second-order valence-corrected chi connectivity index (χ2v) is 5.25. The number of hydrogen-bond acceptors (Lipinski definition) is 5. The van der Waals surface area contributed by atoms with Crippen molar-refractivity contribution in [3.63, 3.8) is 0 Å². The topological polar surface area (TPSA) is 106 Å². The Kier molecular flexibility index (Phi) is 4.61. The lowest BCUT2D eigenvalue weighted by Gasteiger charge is -2.12. The van der Waals surface area contributed by atoms with Gasteiger partial charge in [0, 0.05) is 11.8 Å². The van der Waals surface area contributed by atoms with Gasteiger partial charge in [-0.1, -0.05) is 12.1 Å². The maximum absolute atomic E-state index is 14.0. The molecule has 26 heavy (non-hydrogen) atoms. The van der Waals surface area contributed by atoms with Crippen LogP contribution >= 0.6 is 0 Å². The Bertz CT molecular complexity index is 1030. The first-order valence-corrected chi connectivity index (χ1v) is 7.47. The first-order chi connectivity index (χ1) is 12.5. The lowest BCUT2D eigenvalue weighted by atomic mass is 10.2. The number of hydrazine groups is 1. The van der Waals surface area contributed by atoms with E-state index < -0.39 is 28.8 Å². The molecule has 8 nitrogen and oxygen atoms in total. The van der Waals surface area contributed by atoms with E-state index in [2.05, 4.69) is 16.0 Å². The van der Waals surface area contributed by atoms with E-state index in [1.54, 1.807) is 13.0 Å². The molecule has 3 aromatic rings. The van der Waals surface area contributed by atoms with E-state index in [4.69, 9.17) is 4.42 Å². The van der Waals surface area contributed by atoms with Crippen molar-refractivity contribution in [1.82, 2.24) is 20.6 Å². The number of rotatable bonds is 3. The second-order valence-electron chi connectivity index (χ2n) is 5.25. The van der Waals surface area contributed by atoms with E-state index in [1.807, 2.05) is 0 Å². The Hall–Kier alpha value is -3.75. The summed E-state index contributed by atoms with van der Waals surface area (Å²) >= 11 is 0. The maximum atomic E-state index is 14.0. The summed E-state index contributed by atoms with van der Waals surface area (Å²) in [7, 11) is 0. The van der Waals surface area contributed by atoms with E-state index >= 15 is 0 Å². The third kappa shape index (κ3) is 3.36. The van der Waals surface area contributed by atoms with Gasteiger partial charge in [-0.2, -0.15) is 5.10 Å². The van der Waals surface area contributed by atoms with Gasteiger partial charge in [0.2, 0.25) is 5.43 Å². The van der Waals surface area contributed by atoms with Gasteiger partial charge in [-0.15, -0.1) is 0 Å². The molecule has 0 fully saturated rings. The van der Waals surface area contributed by atoms with E-state index in [-0.39, 0.29) is 11.4 Å². The summed E-state index contributed by atoms with van der Waals surface area (Å²) in [5, 5.41) is 3.92. The predicted octanol–water partition coefficient (Wildman–Crippen LogP) is 1.35. The Morgan fingerprint density at radius 2 is 1.85 bits per heavy atom. The molecular weight excluding hydrogens is 343 g/mol. The van der Waals surface area contributed by atoms with Crippen molar-refractivity contribution in [1.29, 1.82) is 0 Å². The van der Waals surface area contributed by atoms with Gasteiger partial charge in [0.25, 0.3) is 5.91 Å². The van der Waals surface area contributed by atoms with E-state index in [1.165, 1.54) is 36.6 Å². The van der Waals surface area contributed by atoms with Crippen LogP contribution in [0.15, 0.2) is 57.9 Å². The summed E-state index contributed by atoms with van der Waals surface area (Å²) in [5.41, 5.74) is 3.43. The summed E-state index contributed by atoms with van der Waals surface area (Å²) in [5.74, 6) is -2.24. The highest BCUT2D eigenvalue weighted by molar-refractivity contribution is 5.96. The number of hydrogen-bond donors (Lipinski definition) is 2. The van der Waals surface area contributed by atoms with Crippen molar-refractivity contribution >= 4 is 11.8 Å². The monoisotopic (exact) mass is 356 g/mol. The summed E-state index contributed by atoms with van der Waals surface area (Å²) in [4.78, 5) is 36.0. The number of furan rings is 1. The minimum Gasteiger partial charge on any atom is -0.459 e. The molecule has 2 aromatic heterocycles. The molecule has 2 amide bonds. The zero-order valence-electron chi connectivity index (χ0n) is 13.5. The zero-order valence-corrected chi connectivity index (χ0v) is 13.5. The van der Waals surface area contributed by atoms with Crippen molar-refractivity contribution in [2.24, 2.45) is 0 Å². The lowest BCUT2D eigenvalue weighted by Crippen LogP contribution is -2.44. The Morgan fingerprint density at radius 3 is 2.54 bits per heavy atom. The fourth-order valence-electron chi connectivity index (χ4n) is 2.21. The van der Waals surface area contributed by atoms with Gasteiger partial charge in [-0.3, -0.25) is 25.2 Å². The fourth-order valence-corrected chi connectivity index (χ4v) is 2.21. The quantitative estimate of drug-likeness (QED) is 0.689. The molecule has 0 bridgehead atoms. The molecule has 2 N–H and O–H groups in total. The Balaban J connectivity index is 1.87. The van der Waals surface area contributed by atoms with Crippen LogP contribution in [0.5, 0.6) is 0 Å². The molecule has 0 saturated carbocycles. The number of halogens is 1. The van der Waals surface area contributed by atoms with Crippen LogP contribution in [0.25, 0.3) is 5.69 Å². The number of nitrogens with one attached hydrogen (secondary N) is 2. The number of nitrogens with zero attached hydrogens (tertiary/aromatic N) is 2. The number of benzene rings is 1. The molecule has 0 aliphatic rings. The summed E-state index contributed by atoms with van der Waals surface area (Å²) < 4.78 is 20.0. The number of aryl methyl sites for hydroxylation is 1. The van der Waals surface area contributed by atoms with Gasteiger partial charge in [-0.05, 0) is 31.2 Å². The van der Waals surface area contributed by atoms with Crippen molar-refractivity contribution in [3.05, 3.63) is 81.9 Å². The molecule has 0 spiro atoms. The van der Waals surface area contributed by atoms with Gasteiger partial charge in [0.05, 0.1) is 6.26 Å². The number of para-hydroxylation sites is 1. The Morgan fingerprint density at radius 1 is 1.12 bits per heavy atom. The molecule has 0 unspecified atom stereocenters. The van der Waals surface area contributed by atoms with Gasteiger partial charge in [0.1, 0.15) is 11.5 Å². The SMILES string of the molecule is Cc1cc(=O)c(C(=O)NNC(=O)c2ccco2)nn1-c1ccccc1F. The number of carbonyl (C=O) groups excluding carboxylic acids is 2. The van der Waals surface area contributed by atoms with Gasteiger partial charge >= 0.3 is 5.91 Å². The van der Waals surface area contributed by atoms with Crippen LogP contribution in [0.2, 0.25) is 0 Å². The maximum Gasteiger partial charge on any atom is 0.305 e. The van der Waals surface area contributed by atoms with Crippen molar-refractivity contribution in [2.45, 2.75) is 6.92 Å². The van der Waals surface area contributed by atoms with Gasteiger partial charge < -0.3 is 4.42 Å². The van der Waals surface area contributed by atoms with Crippen LogP contribution in [-0.4, -0.2) is 21.6 Å². The summed E-state index contributed by atoms with van der Waals surface area (Å²) in [6.07, 6.45) is 1.30. The molecular formula is C17H13FN4O4. The number of amides is 2. The van der Waals surface area contributed by atoms with Crippen LogP contribution in [-0.2, 0) is 0 Å². The highest BCUT2D eigenvalue weighted by atomic mass is 19.1. The van der Waals surface area contributed by atoms with Crippen LogP contribution in [0, 0.1) is 12.7 Å². The molecule has 0 aliphatic carbocycles. The molecule has 3 rings (SSSR count). The third-order valence-electron chi connectivity index (χ3n) is 3.44. The smallest absolute Gasteiger partial charge is 0.305 e. The van der Waals surface area contributed by atoms with Crippen LogP contribution < -0.4 is 16.3 Å². The minimum absolute atomic E-state index is 0.0223. The molecule has 0 aliphatic heterocycles. The highest BCUT2D eigenvalue weighted by Gasteiger charge is 2.18. The van der Waals surface area contributed by atoms with E-state index in [0.717, 1.165) is 10.7 Å². The fraction of sp³-hybridized carbons (Fsp3) is 0.0588. The molecule has 2 heterocycles. The zero-order chi connectivity index (χ0) is 18.7. The van der Waals surface area contributed by atoms with E-state index in [0.29, 0.717) is 5.69 Å². The normalized spacial score (nSPS) is 10.4. The molecule has 0 saturated heterocycles. The molecule has 1 aromatic carbocycles. The van der Waals surface area contributed by atoms with Crippen molar-refractivity contribution < 1.29 is 18.4 Å². The molecule has 0 atom stereocenters.